The van der Waals surface area contributed by atoms with Gasteiger partial charge in [-0.1, -0.05) is 19.1 Å². The van der Waals surface area contributed by atoms with Gasteiger partial charge in [0.05, 0.1) is 11.2 Å². The van der Waals surface area contributed by atoms with Crippen molar-refractivity contribution in [1.29, 1.82) is 0 Å². The highest BCUT2D eigenvalue weighted by Gasteiger charge is 2.52. The Hall–Kier alpha value is -0.865. The predicted molar refractivity (Wildman–Crippen MR) is 75.6 cm³/mol. The molecule has 1 aliphatic heterocycles. The van der Waals surface area contributed by atoms with Crippen LogP contribution in [-0.4, -0.2) is 18.3 Å². The highest BCUT2D eigenvalue weighted by atomic mass is 19.1. The van der Waals surface area contributed by atoms with Gasteiger partial charge < -0.3 is 9.31 Å². The number of rotatable bonds is 3. The van der Waals surface area contributed by atoms with Crippen LogP contribution in [0.25, 0.3) is 0 Å². The average molecular weight is 264 g/mol. The van der Waals surface area contributed by atoms with Gasteiger partial charge in [-0.3, -0.25) is 0 Å². The van der Waals surface area contributed by atoms with E-state index in [1.807, 2.05) is 12.1 Å². The molecule has 1 saturated heterocycles. The van der Waals surface area contributed by atoms with Crippen LogP contribution in [0, 0.1) is 5.82 Å². The van der Waals surface area contributed by atoms with Crippen LogP contribution in [-0.2, 0) is 15.7 Å². The highest BCUT2D eigenvalue weighted by Crippen LogP contribution is 2.40. The molecule has 2 rings (SSSR count). The fraction of sp³-hybridized carbons (Fsp3) is 0.600. The van der Waals surface area contributed by atoms with Crippen molar-refractivity contribution in [1.82, 2.24) is 0 Å². The summed E-state index contributed by atoms with van der Waals surface area (Å²) >= 11 is 0. The monoisotopic (exact) mass is 264 g/mol. The summed E-state index contributed by atoms with van der Waals surface area (Å²) in [7, 11) is -0.213. The molecule has 19 heavy (non-hydrogen) atoms. The third-order valence-electron chi connectivity index (χ3n) is 4.21. The quantitative estimate of drug-likeness (QED) is 0.772. The van der Waals surface area contributed by atoms with Gasteiger partial charge in [-0.15, -0.1) is 0 Å². The molecular formula is C15H22BFO2. The van der Waals surface area contributed by atoms with Gasteiger partial charge in [-0.05, 0) is 57.6 Å². The largest absolute Gasteiger partial charge is 0.461 e. The Morgan fingerprint density at radius 1 is 1.05 bits per heavy atom. The lowest BCUT2D eigenvalue weighted by atomic mass is 9.70. The van der Waals surface area contributed by atoms with Crippen molar-refractivity contribution in [3.63, 3.8) is 0 Å². The van der Waals surface area contributed by atoms with Gasteiger partial charge in [0.2, 0.25) is 0 Å². The Morgan fingerprint density at radius 2 is 1.53 bits per heavy atom. The second-order valence-electron chi connectivity index (χ2n) is 6.43. The first-order valence-electron chi connectivity index (χ1n) is 6.81. The summed E-state index contributed by atoms with van der Waals surface area (Å²) in [6.45, 7) is 10.3. The maximum atomic E-state index is 12.9. The minimum absolute atomic E-state index is 0.202. The van der Waals surface area contributed by atoms with Crippen molar-refractivity contribution in [2.75, 3.05) is 0 Å². The molecule has 1 fully saturated rings. The van der Waals surface area contributed by atoms with E-state index in [1.54, 1.807) is 0 Å². The summed E-state index contributed by atoms with van der Waals surface area (Å²) in [6, 6.07) is 6.62. The third kappa shape index (κ3) is 3.01. The molecule has 0 saturated carbocycles. The first-order chi connectivity index (χ1) is 8.71. The first kappa shape index (κ1) is 14.5. The molecule has 1 aromatic carbocycles. The minimum atomic E-state index is -0.297. The van der Waals surface area contributed by atoms with E-state index in [0.717, 1.165) is 12.0 Å². The molecule has 1 heterocycles. The van der Waals surface area contributed by atoms with E-state index in [0.29, 0.717) is 0 Å². The van der Waals surface area contributed by atoms with Gasteiger partial charge in [0, 0.05) is 0 Å². The maximum absolute atomic E-state index is 12.9. The summed E-state index contributed by atoms with van der Waals surface area (Å²) in [4.78, 5) is 0. The standard InChI is InChI=1S/C15H22BFO2/c1-11(10-12-6-8-13(17)9-7-12)16-18-14(2,3)15(4,5)19-16/h6-9,11H,10H2,1-5H3. The van der Waals surface area contributed by atoms with Gasteiger partial charge in [0.1, 0.15) is 5.82 Å². The van der Waals surface area contributed by atoms with Crippen LogP contribution in [0.3, 0.4) is 0 Å². The highest BCUT2D eigenvalue weighted by molar-refractivity contribution is 6.47. The van der Waals surface area contributed by atoms with E-state index in [4.69, 9.17) is 9.31 Å². The number of benzene rings is 1. The summed E-state index contributed by atoms with van der Waals surface area (Å²) in [5, 5.41) is 0. The van der Waals surface area contributed by atoms with Gasteiger partial charge in [0.15, 0.2) is 0 Å². The molecule has 0 aromatic heterocycles. The van der Waals surface area contributed by atoms with Crippen LogP contribution in [0.5, 0.6) is 0 Å². The van der Waals surface area contributed by atoms with Crippen LogP contribution < -0.4 is 0 Å². The van der Waals surface area contributed by atoms with Crippen molar-refractivity contribution in [3.8, 4) is 0 Å². The van der Waals surface area contributed by atoms with E-state index in [2.05, 4.69) is 34.6 Å². The lowest BCUT2D eigenvalue weighted by molar-refractivity contribution is 0.00578. The minimum Gasteiger partial charge on any atom is -0.403 e. The van der Waals surface area contributed by atoms with Crippen LogP contribution in [0.1, 0.15) is 40.2 Å². The van der Waals surface area contributed by atoms with Gasteiger partial charge in [-0.2, -0.15) is 0 Å². The molecule has 4 heteroatoms. The Bertz CT molecular complexity index is 426. The Morgan fingerprint density at radius 3 is 2.00 bits per heavy atom. The molecule has 1 atom stereocenters. The molecule has 0 amide bonds. The van der Waals surface area contributed by atoms with E-state index in [9.17, 15) is 4.39 Å². The van der Waals surface area contributed by atoms with Crippen molar-refractivity contribution >= 4 is 7.12 Å². The summed E-state index contributed by atoms with van der Waals surface area (Å²) in [5.74, 6) is 0.0264. The molecule has 2 nitrogen and oxygen atoms in total. The molecule has 104 valence electrons. The van der Waals surface area contributed by atoms with E-state index in [-0.39, 0.29) is 30.0 Å². The van der Waals surface area contributed by atoms with Gasteiger partial charge in [-0.25, -0.2) is 4.39 Å². The number of hydrogen-bond donors (Lipinski definition) is 0. The van der Waals surface area contributed by atoms with Crippen molar-refractivity contribution in [2.24, 2.45) is 0 Å². The lowest BCUT2D eigenvalue weighted by Crippen LogP contribution is -2.41. The van der Waals surface area contributed by atoms with Crippen LogP contribution in [0.15, 0.2) is 24.3 Å². The van der Waals surface area contributed by atoms with E-state index >= 15 is 0 Å². The van der Waals surface area contributed by atoms with Crippen LogP contribution in [0.4, 0.5) is 4.39 Å². The second-order valence-corrected chi connectivity index (χ2v) is 6.43. The zero-order chi connectivity index (χ0) is 14.3. The summed E-state index contributed by atoms with van der Waals surface area (Å²) in [5.41, 5.74) is 0.507. The Kier molecular flexibility index (Phi) is 3.76. The fourth-order valence-electron chi connectivity index (χ4n) is 2.21. The first-order valence-corrected chi connectivity index (χ1v) is 6.81. The molecule has 0 bridgehead atoms. The molecule has 1 aliphatic rings. The topological polar surface area (TPSA) is 18.5 Å². The number of hydrogen-bond acceptors (Lipinski definition) is 2. The zero-order valence-electron chi connectivity index (χ0n) is 12.4. The van der Waals surface area contributed by atoms with E-state index < -0.39 is 0 Å². The van der Waals surface area contributed by atoms with E-state index in [1.165, 1.54) is 12.1 Å². The second kappa shape index (κ2) is 4.91. The molecule has 1 unspecified atom stereocenters. The predicted octanol–water partition coefficient (Wildman–Crippen LogP) is 3.85. The zero-order valence-corrected chi connectivity index (χ0v) is 12.4. The van der Waals surface area contributed by atoms with Gasteiger partial charge in [0.25, 0.3) is 0 Å². The summed E-state index contributed by atoms with van der Waals surface area (Å²) in [6.07, 6.45) is 0.817. The van der Waals surface area contributed by atoms with Crippen molar-refractivity contribution < 1.29 is 13.7 Å². The van der Waals surface area contributed by atoms with Crippen molar-refractivity contribution in [3.05, 3.63) is 35.6 Å². The fourth-order valence-corrected chi connectivity index (χ4v) is 2.21. The number of halogens is 1. The van der Waals surface area contributed by atoms with Crippen molar-refractivity contribution in [2.45, 2.75) is 58.1 Å². The maximum Gasteiger partial charge on any atom is 0.461 e. The molecule has 0 radical (unpaired) electrons. The lowest BCUT2D eigenvalue weighted by Gasteiger charge is -2.32. The molecular weight excluding hydrogens is 242 g/mol. The third-order valence-corrected chi connectivity index (χ3v) is 4.21. The molecule has 0 aliphatic carbocycles. The SMILES string of the molecule is CC(Cc1ccc(F)cc1)B1OC(C)(C)C(C)(C)O1. The normalized spacial score (nSPS) is 22.5. The van der Waals surface area contributed by atoms with Crippen LogP contribution >= 0.6 is 0 Å². The molecule has 1 aromatic rings. The van der Waals surface area contributed by atoms with Gasteiger partial charge >= 0.3 is 7.12 Å². The molecule has 0 spiro atoms. The Balaban J connectivity index is 2.02. The average Bonchev–Trinajstić information content (AvgIpc) is 2.51. The smallest absolute Gasteiger partial charge is 0.403 e. The summed E-state index contributed by atoms with van der Waals surface area (Å²) < 4.78 is 24.9. The molecule has 0 N–H and O–H groups in total. The Labute approximate surface area is 115 Å². The van der Waals surface area contributed by atoms with Crippen LogP contribution in [0.2, 0.25) is 5.82 Å².